The molecule has 0 radical (unpaired) electrons. The van der Waals surface area contributed by atoms with Crippen LogP contribution in [0.15, 0.2) is 78.9 Å². The van der Waals surface area contributed by atoms with Crippen molar-refractivity contribution in [1.29, 1.82) is 0 Å². The van der Waals surface area contributed by atoms with Crippen LogP contribution in [0.3, 0.4) is 0 Å². The number of para-hydroxylation sites is 1. The second-order valence-electron chi connectivity index (χ2n) is 8.16. The molecule has 0 bridgehead atoms. The molecule has 0 saturated heterocycles. The summed E-state index contributed by atoms with van der Waals surface area (Å²) in [4.78, 5) is 39.9. The van der Waals surface area contributed by atoms with Gasteiger partial charge in [-0.05, 0) is 60.5 Å². The fourth-order valence-electron chi connectivity index (χ4n) is 3.31. The highest BCUT2D eigenvalue weighted by Gasteiger charge is 2.13. The minimum atomic E-state index is -0.181. The van der Waals surface area contributed by atoms with Crippen molar-refractivity contribution in [2.24, 2.45) is 0 Å². The quantitative estimate of drug-likeness (QED) is 0.507. The highest BCUT2D eigenvalue weighted by Crippen LogP contribution is 2.17. The van der Waals surface area contributed by atoms with Gasteiger partial charge in [0, 0.05) is 50.2 Å². The van der Waals surface area contributed by atoms with E-state index in [2.05, 4.69) is 10.6 Å². The first kappa shape index (κ1) is 24.5. The van der Waals surface area contributed by atoms with Crippen LogP contribution in [-0.2, 0) is 16.0 Å². The highest BCUT2D eigenvalue weighted by molar-refractivity contribution is 6.05. The van der Waals surface area contributed by atoms with E-state index in [4.69, 9.17) is 0 Å². The maximum absolute atomic E-state index is 12.7. The van der Waals surface area contributed by atoms with Crippen LogP contribution in [0.2, 0.25) is 0 Å². The lowest BCUT2D eigenvalue weighted by Crippen LogP contribution is -2.26. The SMILES string of the molecule is CN(C)C(=O)CCc1ccc(NC(=O)CNc2ccc(C(=O)N(C)c3ccccc3)cc2)cc1. The standard InChI is InChI=1S/C27H30N4O3/c1-30(2)26(33)18-11-20-9-14-23(15-10-20)29-25(32)19-28-22-16-12-21(13-17-22)27(34)31(3)24-7-5-4-6-8-24/h4-10,12-17,28H,11,18-19H2,1-3H3,(H,29,32). The third-order valence-corrected chi connectivity index (χ3v) is 5.40. The first-order valence-electron chi connectivity index (χ1n) is 11.1. The van der Waals surface area contributed by atoms with Crippen LogP contribution in [0.25, 0.3) is 0 Å². The first-order chi connectivity index (χ1) is 16.3. The Morgan fingerprint density at radius 2 is 1.38 bits per heavy atom. The molecule has 0 aliphatic heterocycles. The Kier molecular flexibility index (Phi) is 8.40. The molecule has 0 saturated carbocycles. The minimum absolute atomic E-state index is 0.0871. The van der Waals surface area contributed by atoms with E-state index in [1.54, 1.807) is 55.2 Å². The van der Waals surface area contributed by atoms with Gasteiger partial charge in [0.25, 0.3) is 5.91 Å². The number of carbonyl (C=O) groups is 3. The largest absolute Gasteiger partial charge is 0.376 e. The molecule has 3 amide bonds. The molecule has 0 unspecified atom stereocenters. The van der Waals surface area contributed by atoms with Crippen LogP contribution in [0, 0.1) is 0 Å². The number of rotatable bonds is 9. The number of benzene rings is 3. The predicted molar refractivity (Wildman–Crippen MR) is 136 cm³/mol. The minimum Gasteiger partial charge on any atom is -0.376 e. The Labute approximate surface area is 200 Å². The number of aryl methyl sites for hydroxylation is 1. The molecule has 0 spiro atoms. The summed E-state index contributed by atoms with van der Waals surface area (Å²) in [6.45, 7) is 0.0936. The zero-order valence-electron chi connectivity index (χ0n) is 19.7. The van der Waals surface area contributed by atoms with E-state index in [0.717, 1.165) is 16.9 Å². The predicted octanol–water partition coefficient (Wildman–Crippen LogP) is 4.03. The average Bonchev–Trinajstić information content (AvgIpc) is 2.86. The van der Waals surface area contributed by atoms with Gasteiger partial charge < -0.3 is 20.4 Å². The lowest BCUT2D eigenvalue weighted by molar-refractivity contribution is -0.128. The summed E-state index contributed by atoms with van der Waals surface area (Å²) in [5.74, 6) is -0.200. The number of nitrogens with zero attached hydrogens (tertiary/aromatic N) is 2. The van der Waals surface area contributed by atoms with Crippen LogP contribution < -0.4 is 15.5 Å². The second-order valence-corrected chi connectivity index (χ2v) is 8.16. The van der Waals surface area contributed by atoms with Crippen molar-refractivity contribution in [3.63, 3.8) is 0 Å². The maximum Gasteiger partial charge on any atom is 0.258 e. The average molecular weight is 459 g/mol. The van der Waals surface area contributed by atoms with Gasteiger partial charge in [-0.15, -0.1) is 0 Å². The van der Waals surface area contributed by atoms with Gasteiger partial charge in [0.15, 0.2) is 0 Å². The topological polar surface area (TPSA) is 81.8 Å². The van der Waals surface area contributed by atoms with Crippen LogP contribution in [0.4, 0.5) is 17.1 Å². The molecule has 7 heteroatoms. The van der Waals surface area contributed by atoms with Crippen molar-refractivity contribution in [2.75, 3.05) is 43.2 Å². The lowest BCUT2D eigenvalue weighted by atomic mass is 10.1. The van der Waals surface area contributed by atoms with E-state index in [9.17, 15) is 14.4 Å². The summed E-state index contributed by atoms with van der Waals surface area (Å²) >= 11 is 0. The summed E-state index contributed by atoms with van der Waals surface area (Å²) in [7, 11) is 5.23. The fourth-order valence-corrected chi connectivity index (χ4v) is 3.31. The number of nitrogens with one attached hydrogen (secondary N) is 2. The summed E-state index contributed by atoms with van der Waals surface area (Å²) in [5, 5.41) is 5.92. The van der Waals surface area contributed by atoms with E-state index < -0.39 is 0 Å². The zero-order valence-corrected chi connectivity index (χ0v) is 19.7. The smallest absolute Gasteiger partial charge is 0.258 e. The van der Waals surface area contributed by atoms with Crippen LogP contribution in [0.1, 0.15) is 22.3 Å². The van der Waals surface area contributed by atoms with Crippen molar-refractivity contribution in [1.82, 2.24) is 4.90 Å². The Morgan fingerprint density at radius 1 is 0.765 bits per heavy atom. The monoisotopic (exact) mass is 458 g/mol. The Morgan fingerprint density at radius 3 is 2.00 bits per heavy atom. The molecule has 34 heavy (non-hydrogen) atoms. The van der Waals surface area contributed by atoms with Crippen molar-refractivity contribution in [3.05, 3.63) is 90.0 Å². The van der Waals surface area contributed by atoms with Crippen molar-refractivity contribution < 1.29 is 14.4 Å². The molecule has 0 fully saturated rings. The van der Waals surface area contributed by atoms with Gasteiger partial charge in [-0.3, -0.25) is 14.4 Å². The third-order valence-electron chi connectivity index (χ3n) is 5.40. The third kappa shape index (κ3) is 6.93. The fraction of sp³-hybridized carbons (Fsp3) is 0.222. The van der Waals surface area contributed by atoms with Crippen molar-refractivity contribution >= 4 is 34.8 Å². The van der Waals surface area contributed by atoms with Gasteiger partial charge in [0.2, 0.25) is 11.8 Å². The van der Waals surface area contributed by atoms with E-state index in [0.29, 0.717) is 24.1 Å². The molecule has 0 aliphatic carbocycles. The number of anilines is 3. The molecule has 0 heterocycles. The molecular weight excluding hydrogens is 428 g/mol. The number of amides is 3. The molecule has 3 rings (SSSR count). The van der Waals surface area contributed by atoms with Gasteiger partial charge in [0.05, 0.1) is 6.54 Å². The Hall–Kier alpha value is -4.13. The molecule has 0 aliphatic rings. The summed E-state index contributed by atoms with van der Waals surface area (Å²) in [6, 6.07) is 24.0. The lowest BCUT2D eigenvalue weighted by Gasteiger charge is -2.17. The number of hydrogen-bond acceptors (Lipinski definition) is 4. The van der Waals surface area contributed by atoms with Gasteiger partial charge in [0.1, 0.15) is 0 Å². The number of carbonyl (C=O) groups excluding carboxylic acids is 3. The van der Waals surface area contributed by atoms with Crippen LogP contribution >= 0.6 is 0 Å². The molecule has 7 nitrogen and oxygen atoms in total. The summed E-state index contributed by atoms with van der Waals surface area (Å²) in [5.41, 5.74) is 3.86. The molecule has 176 valence electrons. The molecule has 2 N–H and O–H groups in total. The molecule has 3 aromatic carbocycles. The first-order valence-corrected chi connectivity index (χ1v) is 11.1. The van der Waals surface area contributed by atoms with Gasteiger partial charge in [-0.1, -0.05) is 30.3 Å². The zero-order chi connectivity index (χ0) is 24.5. The maximum atomic E-state index is 12.7. The van der Waals surface area contributed by atoms with Crippen molar-refractivity contribution in [3.8, 4) is 0 Å². The van der Waals surface area contributed by atoms with E-state index in [1.165, 1.54) is 0 Å². The van der Waals surface area contributed by atoms with E-state index in [1.807, 2.05) is 54.6 Å². The summed E-state index contributed by atoms with van der Waals surface area (Å²) < 4.78 is 0. The van der Waals surface area contributed by atoms with Crippen LogP contribution in [-0.4, -0.2) is 50.3 Å². The highest BCUT2D eigenvalue weighted by atomic mass is 16.2. The normalized spacial score (nSPS) is 10.3. The van der Waals surface area contributed by atoms with Crippen LogP contribution in [0.5, 0.6) is 0 Å². The second kappa shape index (κ2) is 11.7. The molecule has 3 aromatic rings. The van der Waals surface area contributed by atoms with Gasteiger partial charge in [-0.25, -0.2) is 0 Å². The summed E-state index contributed by atoms with van der Waals surface area (Å²) in [6.07, 6.45) is 1.11. The molecule has 0 atom stereocenters. The van der Waals surface area contributed by atoms with E-state index in [-0.39, 0.29) is 24.3 Å². The van der Waals surface area contributed by atoms with Gasteiger partial charge in [-0.2, -0.15) is 0 Å². The number of hydrogen-bond donors (Lipinski definition) is 2. The van der Waals surface area contributed by atoms with E-state index >= 15 is 0 Å². The van der Waals surface area contributed by atoms with Gasteiger partial charge >= 0.3 is 0 Å². The Bertz CT molecular complexity index is 1110. The van der Waals surface area contributed by atoms with Crippen molar-refractivity contribution in [2.45, 2.75) is 12.8 Å². The molecule has 0 aromatic heterocycles. The Balaban J connectivity index is 1.46. The molecular formula is C27H30N4O3.